The Kier molecular flexibility index (Phi) is 9.28. The van der Waals surface area contributed by atoms with E-state index >= 15 is 0 Å². The van der Waals surface area contributed by atoms with E-state index in [0.717, 1.165) is 39.2 Å². The number of rotatable bonds is 11. The summed E-state index contributed by atoms with van der Waals surface area (Å²) in [6.07, 6.45) is 4.80. The van der Waals surface area contributed by atoms with E-state index in [1.165, 1.54) is 36.9 Å². The molecule has 0 amide bonds. The molecule has 0 aliphatic carbocycles. The minimum absolute atomic E-state index is 0.0169. The molecule has 1 aromatic rings. The van der Waals surface area contributed by atoms with Crippen molar-refractivity contribution in [2.75, 3.05) is 39.3 Å². The second kappa shape index (κ2) is 11.2. The van der Waals surface area contributed by atoms with Crippen LogP contribution in [-0.2, 0) is 4.74 Å². The van der Waals surface area contributed by atoms with Crippen molar-refractivity contribution in [3.8, 4) is 0 Å². The zero-order chi connectivity index (χ0) is 19.7. The average Bonchev–Trinajstić information content (AvgIpc) is 2.64. The summed E-state index contributed by atoms with van der Waals surface area (Å²) in [6, 6.07) is 9.24. The minimum Gasteiger partial charge on any atom is -0.376 e. The molecule has 0 bridgehead atoms. The molecule has 0 spiro atoms. The van der Waals surface area contributed by atoms with Crippen LogP contribution in [0.1, 0.15) is 70.4 Å². The van der Waals surface area contributed by atoms with Crippen molar-refractivity contribution < 1.29 is 4.74 Å². The molecule has 3 nitrogen and oxygen atoms in total. The number of nitrogens with zero attached hydrogens (tertiary/aromatic N) is 1. The van der Waals surface area contributed by atoms with Gasteiger partial charge in [0.15, 0.2) is 0 Å². The maximum absolute atomic E-state index is 5.98. The quantitative estimate of drug-likeness (QED) is 0.552. The number of benzene rings is 1. The van der Waals surface area contributed by atoms with Gasteiger partial charge in [-0.15, -0.1) is 0 Å². The smallest absolute Gasteiger partial charge is 0.0629 e. The molecule has 1 fully saturated rings. The number of aryl methyl sites for hydroxylation is 1. The van der Waals surface area contributed by atoms with Crippen LogP contribution in [0.15, 0.2) is 24.3 Å². The second-order valence-electron chi connectivity index (χ2n) is 8.80. The molecule has 0 radical (unpaired) electrons. The zero-order valence-corrected chi connectivity index (χ0v) is 18.4. The second-order valence-corrected chi connectivity index (χ2v) is 8.80. The van der Waals surface area contributed by atoms with Gasteiger partial charge in [-0.3, -0.25) is 0 Å². The van der Waals surface area contributed by atoms with Crippen LogP contribution in [0.5, 0.6) is 0 Å². The van der Waals surface area contributed by atoms with Gasteiger partial charge in [0.1, 0.15) is 0 Å². The summed E-state index contributed by atoms with van der Waals surface area (Å²) in [5, 5.41) is 3.70. The molecule has 0 aromatic heterocycles. The van der Waals surface area contributed by atoms with E-state index in [2.05, 4.69) is 69.1 Å². The topological polar surface area (TPSA) is 24.5 Å². The summed E-state index contributed by atoms with van der Waals surface area (Å²) in [7, 11) is 0. The van der Waals surface area contributed by atoms with E-state index in [1.54, 1.807) is 0 Å². The largest absolute Gasteiger partial charge is 0.376 e. The zero-order valence-electron chi connectivity index (χ0n) is 18.4. The van der Waals surface area contributed by atoms with Crippen molar-refractivity contribution in [3.63, 3.8) is 0 Å². The van der Waals surface area contributed by atoms with Crippen molar-refractivity contribution >= 4 is 0 Å². The van der Waals surface area contributed by atoms with Gasteiger partial charge in [0.05, 0.1) is 5.60 Å². The van der Waals surface area contributed by atoms with Crippen LogP contribution in [0.25, 0.3) is 0 Å². The molecule has 1 aliphatic rings. The molecule has 1 N–H and O–H groups in total. The lowest BCUT2D eigenvalue weighted by Crippen LogP contribution is -2.37. The molecule has 0 unspecified atom stereocenters. The Morgan fingerprint density at radius 3 is 2.48 bits per heavy atom. The molecular weight excluding hydrogens is 332 g/mol. The molecule has 0 saturated carbocycles. The predicted octanol–water partition coefficient (Wildman–Crippen LogP) is 5.00. The summed E-state index contributed by atoms with van der Waals surface area (Å²) >= 11 is 0. The van der Waals surface area contributed by atoms with Gasteiger partial charge in [0.2, 0.25) is 0 Å². The van der Waals surface area contributed by atoms with Crippen molar-refractivity contribution in [3.05, 3.63) is 35.4 Å². The first-order chi connectivity index (χ1) is 12.9. The van der Waals surface area contributed by atoms with Crippen LogP contribution in [0.3, 0.4) is 0 Å². The highest BCUT2D eigenvalue weighted by Gasteiger charge is 2.33. The van der Waals surface area contributed by atoms with E-state index < -0.39 is 0 Å². The minimum atomic E-state index is 0.0169. The monoisotopic (exact) mass is 374 g/mol. The third kappa shape index (κ3) is 7.56. The number of hydrogen-bond acceptors (Lipinski definition) is 3. The van der Waals surface area contributed by atoms with Gasteiger partial charge >= 0.3 is 0 Å². The number of ether oxygens (including phenoxy) is 1. The van der Waals surface area contributed by atoms with Gasteiger partial charge < -0.3 is 15.0 Å². The molecule has 2 atom stereocenters. The summed E-state index contributed by atoms with van der Waals surface area (Å²) in [6.45, 7) is 17.8. The SMILES string of the molecule is CCN(CC)CCCNCC[C@H](c1ccc(C)cc1)[C@H]1CCOC(C)(C)C1. The fourth-order valence-electron chi connectivity index (χ4n) is 4.46. The average molecular weight is 375 g/mol. The van der Waals surface area contributed by atoms with Gasteiger partial charge in [0.25, 0.3) is 0 Å². The molecule has 1 saturated heterocycles. The maximum Gasteiger partial charge on any atom is 0.0629 e. The summed E-state index contributed by atoms with van der Waals surface area (Å²) in [4.78, 5) is 2.50. The first kappa shape index (κ1) is 22.4. The Balaban J connectivity index is 1.88. The number of nitrogens with one attached hydrogen (secondary N) is 1. The van der Waals surface area contributed by atoms with Gasteiger partial charge in [-0.05, 0) is 96.6 Å². The fraction of sp³-hybridized carbons (Fsp3) is 0.750. The fourth-order valence-corrected chi connectivity index (χ4v) is 4.46. The molecule has 3 heteroatoms. The molecule has 154 valence electrons. The van der Waals surface area contributed by atoms with Crippen LogP contribution in [-0.4, -0.2) is 49.8 Å². The van der Waals surface area contributed by atoms with E-state index in [1.807, 2.05) is 0 Å². The first-order valence-corrected chi connectivity index (χ1v) is 11.1. The Hall–Kier alpha value is -0.900. The normalized spacial score (nSPS) is 20.7. The lowest BCUT2D eigenvalue weighted by atomic mass is 9.75. The molecule has 2 rings (SSSR count). The van der Waals surface area contributed by atoms with Crippen molar-refractivity contribution in [1.29, 1.82) is 0 Å². The van der Waals surface area contributed by atoms with Crippen LogP contribution >= 0.6 is 0 Å². The van der Waals surface area contributed by atoms with E-state index in [4.69, 9.17) is 4.74 Å². The lowest BCUT2D eigenvalue weighted by molar-refractivity contribution is -0.0771. The molecular formula is C24H42N2O. The van der Waals surface area contributed by atoms with Gasteiger partial charge in [0, 0.05) is 6.61 Å². The summed E-state index contributed by atoms with van der Waals surface area (Å²) in [5.74, 6) is 1.35. The van der Waals surface area contributed by atoms with Gasteiger partial charge in [-0.1, -0.05) is 43.7 Å². The Labute approximate surface area is 167 Å². The number of hydrogen-bond donors (Lipinski definition) is 1. The third-order valence-electron chi connectivity index (χ3n) is 6.16. The van der Waals surface area contributed by atoms with Crippen molar-refractivity contribution in [2.24, 2.45) is 5.92 Å². The standard InChI is InChI=1S/C24H42N2O/c1-6-26(7-2)17-8-15-25-16-13-23(21-11-9-20(3)10-12-21)22-14-18-27-24(4,5)19-22/h9-12,22-23,25H,6-8,13-19H2,1-5H3/t22-,23+/m0/s1. The predicted molar refractivity (Wildman–Crippen MR) is 117 cm³/mol. The Morgan fingerprint density at radius 1 is 1.15 bits per heavy atom. The van der Waals surface area contributed by atoms with E-state index in [9.17, 15) is 0 Å². The van der Waals surface area contributed by atoms with Crippen LogP contribution in [0.4, 0.5) is 0 Å². The van der Waals surface area contributed by atoms with Crippen molar-refractivity contribution in [2.45, 2.75) is 71.8 Å². The highest BCUT2D eigenvalue weighted by atomic mass is 16.5. The van der Waals surface area contributed by atoms with Crippen molar-refractivity contribution in [1.82, 2.24) is 10.2 Å². The third-order valence-corrected chi connectivity index (χ3v) is 6.16. The summed E-state index contributed by atoms with van der Waals surface area (Å²) < 4.78 is 5.98. The maximum atomic E-state index is 5.98. The van der Waals surface area contributed by atoms with Gasteiger partial charge in [-0.2, -0.15) is 0 Å². The molecule has 1 heterocycles. The Morgan fingerprint density at radius 2 is 1.85 bits per heavy atom. The van der Waals surface area contributed by atoms with Gasteiger partial charge in [-0.25, -0.2) is 0 Å². The van der Waals surface area contributed by atoms with Crippen LogP contribution < -0.4 is 5.32 Å². The van der Waals surface area contributed by atoms with Crippen LogP contribution in [0.2, 0.25) is 0 Å². The van der Waals surface area contributed by atoms with E-state index in [-0.39, 0.29) is 5.60 Å². The highest BCUT2D eigenvalue weighted by Crippen LogP contribution is 2.39. The van der Waals surface area contributed by atoms with Crippen LogP contribution in [0, 0.1) is 12.8 Å². The first-order valence-electron chi connectivity index (χ1n) is 11.1. The highest BCUT2D eigenvalue weighted by molar-refractivity contribution is 5.25. The molecule has 27 heavy (non-hydrogen) atoms. The molecule has 1 aromatic carbocycles. The lowest BCUT2D eigenvalue weighted by Gasteiger charge is -2.39. The summed E-state index contributed by atoms with van der Waals surface area (Å²) in [5.41, 5.74) is 2.87. The molecule has 1 aliphatic heterocycles. The van der Waals surface area contributed by atoms with E-state index in [0.29, 0.717) is 11.8 Å². The Bertz CT molecular complexity index is 522.